The van der Waals surface area contributed by atoms with Crippen LogP contribution in [0.1, 0.15) is 93.3 Å². The number of rotatable bonds is 6. The van der Waals surface area contributed by atoms with Gasteiger partial charge in [0, 0.05) is 12.2 Å². The first-order valence-corrected chi connectivity index (χ1v) is 14.0. The van der Waals surface area contributed by atoms with Gasteiger partial charge in [-0.05, 0) is 69.9 Å². The zero-order valence-corrected chi connectivity index (χ0v) is 20.9. The summed E-state index contributed by atoms with van der Waals surface area (Å²) in [7, 11) is -3.77. The number of aromatic nitrogens is 1. The molecule has 2 amide bonds. The van der Waals surface area contributed by atoms with Gasteiger partial charge in [-0.3, -0.25) is 19.1 Å². The SMILES string of the molecule is CC(C)(NC(=O)c1cc2c(n(CC3CCCCC3)c1=O)CCCCCC2)C(=O)NS(C)(=O)=O. The van der Waals surface area contributed by atoms with Crippen molar-refractivity contribution in [2.75, 3.05) is 6.26 Å². The van der Waals surface area contributed by atoms with Gasteiger partial charge in [-0.25, -0.2) is 8.42 Å². The Morgan fingerprint density at radius 2 is 1.64 bits per heavy atom. The smallest absolute Gasteiger partial charge is 0.263 e. The summed E-state index contributed by atoms with van der Waals surface area (Å²) >= 11 is 0. The minimum absolute atomic E-state index is 0.0189. The molecular weight excluding hydrogens is 442 g/mol. The third kappa shape index (κ3) is 6.68. The Bertz CT molecular complexity index is 1050. The fourth-order valence-electron chi connectivity index (χ4n) is 4.92. The summed E-state index contributed by atoms with van der Waals surface area (Å²) in [6, 6.07) is 1.69. The molecule has 1 fully saturated rings. The summed E-state index contributed by atoms with van der Waals surface area (Å²) in [6.45, 7) is 3.46. The van der Waals surface area contributed by atoms with E-state index in [2.05, 4.69) is 5.32 Å². The maximum atomic E-state index is 13.5. The van der Waals surface area contributed by atoms with Crippen molar-refractivity contribution in [1.29, 1.82) is 0 Å². The molecule has 0 unspecified atom stereocenters. The predicted octanol–water partition coefficient (Wildman–Crippen LogP) is 2.67. The summed E-state index contributed by atoms with van der Waals surface area (Å²) < 4.78 is 26.6. The third-order valence-corrected chi connectivity index (χ3v) is 7.34. The molecule has 0 spiro atoms. The molecular formula is C24H37N3O5S. The number of pyridine rings is 1. The molecule has 2 aliphatic rings. The van der Waals surface area contributed by atoms with Crippen LogP contribution in [0.5, 0.6) is 0 Å². The number of aryl methyl sites for hydroxylation is 1. The summed E-state index contributed by atoms with van der Waals surface area (Å²) in [5.41, 5.74) is 0.275. The number of sulfonamides is 1. The van der Waals surface area contributed by atoms with Gasteiger partial charge in [-0.1, -0.05) is 32.1 Å². The van der Waals surface area contributed by atoms with Gasteiger partial charge in [0.05, 0.1) is 6.26 Å². The van der Waals surface area contributed by atoms with Crippen molar-refractivity contribution < 1.29 is 18.0 Å². The number of fused-ring (bicyclic) bond motifs is 1. The second kappa shape index (κ2) is 10.4. The maximum Gasteiger partial charge on any atom is 0.263 e. The Kier molecular flexibility index (Phi) is 8.03. The quantitative estimate of drug-likeness (QED) is 0.651. The maximum absolute atomic E-state index is 13.5. The van der Waals surface area contributed by atoms with Crippen LogP contribution in [0.25, 0.3) is 0 Å². The first-order valence-electron chi connectivity index (χ1n) is 12.1. The fourth-order valence-corrected chi connectivity index (χ4v) is 5.51. The van der Waals surface area contributed by atoms with E-state index in [1.54, 1.807) is 6.07 Å². The molecule has 1 saturated carbocycles. The van der Waals surface area contributed by atoms with E-state index in [0.717, 1.165) is 68.9 Å². The van der Waals surface area contributed by atoms with E-state index in [9.17, 15) is 22.8 Å². The Morgan fingerprint density at radius 3 is 2.27 bits per heavy atom. The molecule has 2 aliphatic carbocycles. The molecule has 1 aromatic rings. The van der Waals surface area contributed by atoms with Crippen LogP contribution < -0.4 is 15.6 Å². The molecule has 1 aromatic heterocycles. The molecule has 0 aliphatic heterocycles. The lowest BCUT2D eigenvalue weighted by atomic mass is 9.88. The second-order valence-electron chi connectivity index (χ2n) is 10.1. The molecule has 0 saturated heterocycles. The van der Waals surface area contributed by atoms with Crippen LogP contribution in [0, 0.1) is 5.92 Å². The normalized spacial score (nSPS) is 18.0. The van der Waals surface area contributed by atoms with Crippen LogP contribution >= 0.6 is 0 Å². The van der Waals surface area contributed by atoms with E-state index in [0.29, 0.717) is 12.5 Å². The lowest BCUT2D eigenvalue weighted by Gasteiger charge is -2.28. The summed E-state index contributed by atoms with van der Waals surface area (Å²) in [4.78, 5) is 39.1. The number of nitrogens with zero attached hydrogens (tertiary/aromatic N) is 1. The topological polar surface area (TPSA) is 114 Å². The van der Waals surface area contributed by atoms with E-state index in [4.69, 9.17) is 0 Å². The van der Waals surface area contributed by atoms with Gasteiger partial charge in [0.15, 0.2) is 0 Å². The van der Waals surface area contributed by atoms with Gasteiger partial charge in [0.2, 0.25) is 10.0 Å². The third-order valence-electron chi connectivity index (χ3n) is 6.78. The van der Waals surface area contributed by atoms with Crippen molar-refractivity contribution in [2.45, 2.75) is 96.6 Å². The largest absolute Gasteiger partial charge is 0.338 e. The molecule has 184 valence electrons. The van der Waals surface area contributed by atoms with E-state index in [1.165, 1.54) is 33.1 Å². The summed E-state index contributed by atoms with van der Waals surface area (Å²) in [6.07, 6.45) is 12.6. The minimum Gasteiger partial charge on any atom is -0.338 e. The highest BCUT2D eigenvalue weighted by Gasteiger charge is 2.33. The Labute approximate surface area is 196 Å². The number of hydrogen-bond acceptors (Lipinski definition) is 5. The molecule has 2 N–H and O–H groups in total. The Morgan fingerprint density at radius 1 is 1.03 bits per heavy atom. The van der Waals surface area contributed by atoms with Gasteiger partial charge >= 0.3 is 0 Å². The zero-order chi connectivity index (χ0) is 24.2. The lowest BCUT2D eigenvalue weighted by Crippen LogP contribution is -2.56. The molecule has 0 radical (unpaired) electrons. The molecule has 9 heteroatoms. The zero-order valence-electron chi connectivity index (χ0n) is 20.0. The van der Waals surface area contributed by atoms with Crippen molar-refractivity contribution in [3.05, 3.63) is 33.2 Å². The molecule has 0 bridgehead atoms. The van der Waals surface area contributed by atoms with Crippen molar-refractivity contribution >= 4 is 21.8 Å². The van der Waals surface area contributed by atoms with E-state index < -0.39 is 27.4 Å². The molecule has 8 nitrogen and oxygen atoms in total. The van der Waals surface area contributed by atoms with Crippen LogP contribution in [-0.4, -0.2) is 36.6 Å². The number of carbonyl (C=O) groups is 2. The highest BCUT2D eigenvalue weighted by atomic mass is 32.2. The fraction of sp³-hybridized carbons (Fsp3) is 0.708. The van der Waals surface area contributed by atoms with E-state index >= 15 is 0 Å². The predicted molar refractivity (Wildman–Crippen MR) is 128 cm³/mol. The highest BCUT2D eigenvalue weighted by molar-refractivity contribution is 7.89. The number of carbonyl (C=O) groups excluding carboxylic acids is 2. The van der Waals surface area contributed by atoms with Gasteiger partial charge in [-0.2, -0.15) is 0 Å². The Balaban J connectivity index is 1.95. The number of amides is 2. The average molecular weight is 480 g/mol. The van der Waals surface area contributed by atoms with E-state index in [1.807, 2.05) is 9.29 Å². The molecule has 0 atom stereocenters. The van der Waals surface area contributed by atoms with E-state index in [-0.39, 0.29) is 11.1 Å². The van der Waals surface area contributed by atoms with Crippen LogP contribution in [0.2, 0.25) is 0 Å². The summed E-state index contributed by atoms with van der Waals surface area (Å²) in [5.74, 6) is -1.08. The standard InChI is InChI=1S/C24H37N3O5S/c1-24(2,23(30)26-33(3,31)32)25-21(28)19-15-18-13-9-4-5-10-14-20(18)27(22(19)29)16-17-11-7-6-8-12-17/h15,17H,4-14,16H2,1-3H3,(H,25,28)(H,26,30). The van der Waals surface area contributed by atoms with Gasteiger partial charge in [0.1, 0.15) is 11.1 Å². The summed E-state index contributed by atoms with van der Waals surface area (Å²) in [5, 5.41) is 2.57. The number of hydrogen-bond donors (Lipinski definition) is 2. The molecule has 1 heterocycles. The van der Waals surface area contributed by atoms with Crippen molar-refractivity contribution in [1.82, 2.24) is 14.6 Å². The molecule has 33 heavy (non-hydrogen) atoms. The second-order valence-corrected chi connectivity index (χ2v) is 11.9. The van der Waals surface area contributed by atoms with Crippen LogP contribution in [0.15, 0.2) is 10.9 Å². The lowest BCUT2D eigenvalue weighted by molar-refractivity contribution is -0.124. The highest BCUT2D eigenvalue weighted by Crippen LogP contribution is 2.27. The van der Waals surface area contributed by atoms with Crippen LogP contribution in [-0.2, 0) is 34.2 Å². The molecule has 3 rings (SSSR count). The Hall–Kier alpha value is -2.16. The molecule has 0 aromatic carbocycles. The average Bonchev–Trinajstić information content (AvgIpc) is 2.70. The van der Waals surface area contributed by atoms with Crippen LogP contribution in [0.4, 0.5) is 0 Å². The van der Waals surface area contributed by atoms with Crippen molar-refractivity contribution in [2.24, 2.45) is 5.92 Å². The van der Waals surface area contributed by atoms with Crippen molar-refractivity contribution in [3.63, 3.8) is 0 Å². The number of nitrogens with one attached hydrogen (secondary N) is 2. The minimum atomic E-state index is -3.77. The monoisotopic (exact) mass is 479 g/mol. The van der Waals surface area contributed by atoms with Gasteiger partial charge in [0.25, 0.3) is 17.4 Å². The van der Waals surface area contributed by atoms with Crippen molar-refractivity contribution in [3.8, 4) is 0 Å². The van der Waals surface area contributed by atoms with Crippen LogP contribution in [0.3, 0.4) is 0 Å². The first-order chi connectivity index (χ1) is 15.5. The van der Waals surface area contributed by atoms with Gasteiger partial charge < -0.3 is 9.88 Å². The van der Waals surface area contributed by atoms with Gasteiger partial charge in [-0.15, -0.1) is 0 Å². The first kappa shape index (κ1) is 25.5.